The lowest BCUT2D eigenvalue weighted by atomic mass is 10.1. The van der Waals surface area contributed by atoms with Crippen LogP contribution in [0.5, 0.6) is 17.2 Å². The zero-order valence-corrected chi connectivity index (χ0v) is 17.2. The van der Waals surface area contributed by atoms with Crippen LogP contribution in [0, 0.1) is 0 Å². The van der Waals surface area contributed by atoms with Crippen LogP contribution in [0.1, 0.15) is 5.56 Å². The minimum absolute atomic E-state index is 0.0627. The molecule has 1 heterocycles. The molecule has 1 saturated heterocycles. The van der Waals surface area contributed by atoms with E-state index in [0.717, 1.165) is 5.56 Å². The molecule has 0 aromatic heterocycles. The van der Waals surface area contributed by atoms with E-state index >= 15 is 0 Å². The van der Waals surface area contributed by atoms with Crippen molar-refractivity contribution >= 4 is 17.9 Å². The Kier molecular flexibility index (Phi) is 7.69. The number of rotatable bonds is 7. The number of benzene rings is 1. The Hall–Kier alpha value is -2.74. The molecule has 0 atom stereocenters. The molecule has 0 saturated carbocycles. The first-order valence-corrected chi connectivity index (χ1v) is 9.09. The van der Waals surface area contributed by atoms with E-state index in [-0.39, 0.29) is 11.8 Å². The molecule has 1 aliphatic heterocycles. The molecule has 8 nitrogen and oxygen atoms in total. The molecule has 1 aliphatic rings. The molecule has 2 rings (SSSR count). The quantitative estimate of drug-likeness (QED) is 0.645. The molecule has 2 amide bonds. The Balaban J connectivity index is 1.98. The van der Waals surface area contributed by atoms with E-state index in [1.807, 2.05) is 0 Å². The SMILES string of the molecule is COc1cc(C=CC(=O)N2CCN(CC(=O)N(C)C)CC2)cc(OC)c1OC. The van der Waals surface area contributed by atoms with Gasteiger partial charge >= 0.3 is 0 Å². The Labute approximate surface area is 166 Å². The number of carbonyl (C=O) groups is 2. The molecule has 0 aliphatic carbocycles. The Morgan fingerprint density at radius 1 is 1.00 bits per heavy atom. The fraction of sp³-hybridized carbons (Fsp3) is 0.500. The monoisotopic (exact) mass is 391 g/mol. The Morgan fingerprint density at radius 3 is 2.04 bits per heavy atom. The van der Waals surface area contributed by atoms with Crippen LogP contribution in [0.15, 0.2) is 18.2 Å². The predicted octanol–water partition coefficient (Wildman–Crippen LogP) is 0.958. The van der Waals surface area contributed by atoms with Crippen LogP contribution in [0.25, 0.3) is 6.08 Å². The number of hydrogen-bond acceptors (Lipinski definition) is 6. The molecule has 0 radical (unpaired) electrons. The van der Waals surface area contributed by atoms with E-state index in [9.17, 15) is 9.59 Å². The smallest absolute Gasteiger partial charge is 0.246 e. The van der Waals surface area contributed by atoms with Gasteiger partial charge in [0.05, 0.1) is 27.9 Å². The first-order valence-electron chi connectivity index (χ1n) is 9.09. The summed E-state index contributed by atoms with van der Waals surface area (Å²) >= 11 is 0. The normalized spacial score (nSPS) is 14.8. The van der Waals surface area contributed by atoms with Crippen molar-refractivity contribution in [2.45, 2.75) is 0 Å². The number of carbonyl (C=O) groups excluding carboxylic acids is 2. The second-order valence-electron chi connectivity index (χ2n) is 6.68. The van der Waals surface area contributed by atoms with Gasteiger partial charge in [0.2, 0.25) is 17.6 Å². The van der Waals surface area contributed by atoms with Crippen molar-refractivity contribution in [2.24, 2.45) is 0 Å². The van der Waals surface area contributed by atoms with E-state index in [0.29, 0.717) is 50.0 Å². The summed E-state index contributed by atoms with van der Waals surface area (Å²) in [5.74, 6) is 1.59. The third-order valence-electron chi connectivity index (χ3n) is 4.65. The molecule has 1 fully saturated rings. The number of methoxy groups -OCH3 is 3. The standard InChI is InChI=1S/C20H29N3O5/c1-21(2)19(25)14-22-8-10-23(11-9-22)18(24)7-6-15-12-16(26-3)20(28-5)17(13-15)27-4/h6-7,12-13H,8-11,14H2,1-5H3. The highest BCUT2D eigenvalue weighted by molar-refractivity contribution is 5.92. The zero-order valence-electron chi connectivity index (χ0n) is 17.2. The number of nitrogens with zero attached hydrogens (tertiary/aromatic N) is 3. The average molecular weight is 391 g/mol. The van der Waals surface area contributed by atoms with Gasteiger partial charge in [-0.15, -0.1) is 0 Å². The maximum atomic E-state index is 12.5. The van der Waals surface area contributed by atoms with E-state index in [1.165, 1.54) is 0 Å². The predicted molar refractivity (Wildman–Crippen MR) is 107 cm³/mol. The highest BCUT2D eigenvalue weighted by Crippen LogP contribution is 2.38. The number of piperazine rings is 1. The fourth-order valence-corrected chi connectivity index (χ4v) is 2.93. The molecule has 0 spiro atoms. The van der Waals surface area contributed by atoms with Gasteiger partial charge in [0.25, 0.3) is 0 Å². The molecular weight excluding hydrogens is 362 g/mol. The van der Waals surface area contributed by atoms with Gasteiger partial charge < -0.3 is 24.0 Å². The molecule has 8 heteroatoms. The minimum Gasteiger partial charge on any atom is -0.493 e. The van der Waals surface area contributed by atoms with Gasteiger partial charge in [-0.1, -0.05) is 0 Å². The number of likely N-dealkylation sites (N-methyl/N-ethyl adjacent to an activating group) is 1. The van der Waals surface area contributed by atoms with Gasteiger partial charge in [0.1, 0.15) is 0 Å². The topological polar surface area (TPSA) is 71.6 Å². The number of hydrogen-bond donors (Lipinski definition) is 0. The number of amides is 2. The van der Waals surface area contributed by atoms with Crippen LogP contribution in [0.2, 0.25) is 0 Å². The summed E-state index contributed by atoms with van der Waals surface area (Å²) in [6.07, 6.45) is 3.27. The van der Waals surface area contributed by atoms with Gasteiger partial charge in [-0.2, -0.15) is 0 Å². The molecular formula is C20H29N3O5. The summed E-state index contributed by atoms with van der Waals surface area (Å²) in [6, 6.07) is 3.58. The lowest BCUT2D eigenvalue weighted by molar-refractivity contribution is -0.131. The maximum absolute atomic E-state index is 12.5. The largest absolute Gasteiger partial charge is 0.493 e. The van der Waals surface area contributed by atoms with Crippen molar-refractivity contribution in [3.63, 3.8) is 0 Å². The third kappa shape index (κ3) is 5.39. The highest BCUT2D eigenvalue weighted by atomic mass is 16.5. The molecule has 28 heavy (non-hydrogen) atoms. The Bertz CT molecular complexity index is 700. The second kappa shape index (κ2) is 9.98. The summed E-state index contributed by atoms with van der Waals surface area (Å²) < 4.78 is 16.0. The molecule has 1 aromatic carbocycles. The minimum atomic E-state index is -0.0627. The molecule has 1 aromatic rings. The average Bonchev–Trinajstić information content (AvgIpc) is 2.71. The van der Waals surface area contributed by atoms with Crippen molar-refractivity contribution in [2.75, 3.05) is 68.1 Å². The van der Waals surface area contributed by atoms with Crippen molar-refractivity contribution in [3.05, 3.63) is 23.8 Å². The van der Waals surface area contributed by atoms with Gasteiger partial charge in [0, 0.05) is 46.4 Å². The zero-order chi connectivity index (χ0) is 20.7. The molecule has 0 N–H and O–H groups in total. The molecule has 154 valence electrons. The lowest BCUT2D eigenvalue weighted by Crippen LogP contribution is -2.50. The summed E-state index contributed by atoms with van der Waals surface area (Å²) in [7, 11) is 8.14. The van der Waals surface area contributed by atoms with E-state index in [4.69, 9.17) is 14.2 Å². The van der Waals surface area contributed by atoms with Crippen LogP contribution in [0.3, 0.4) is 0 Å². The van der Waals surface area contributed by atoms with Gasteiger partial charge in [-0.05, 0) is 23.8 Å². The van der Waals surface area contributed by atoms with E-state index in [1.54, 1.807) is 69.5 Å². The van der Waals surface area contributed by atoms with Crippen molar-refractivity contribution < 1.29 is 23.8 Å². The first-order chi connectivity index (χ1) is 13.4. The van der Waals surface area contributed by atoms with Crippen molar-refractivity contribution in [1.82, 2.24) is 14.7 Å². The van der Waals surface area contributed by atoms with Crippen molar-refractivity contribution in [3.8, 4) is 17.2 Å². The van der Waals surface area contributed by atoms with Crippen LogP contribution in [0.4, 0.5) is 0 Å². The summed E-state index contributed by atoms with van der Waals surface area (Å²) in [6.45, 7) is 2.95. The third-order valence-corrected chi connectivity index (χ3v) is 4.65. The van der Waals surface area contributed by atoms with Crippen molar-refractivity contribution in [1.29, 1.82) is 0 Å². The summed E-state index contributed by atoms with van der Waals surface area (Å²) in [5, 5.41) is 0. The van der Waals surface area contributed by atoms with E-state index < -0.39 is 0 Å². The summed E-state index contributed by atoms with van der Waals surface area (Å²) in [4.78, 5) is 29.7. The molecule has 0 bridgehead atoms. The first kappa shape index (κ1) is 21.6. The number of ether oxygens (including phenoxy) is 3. The summed E-state index contributed by atoms with van der Waals surface area (Å²) in [5.41, 5.74) is 0.776. The second-order valence-corrected chi connectivity index (χ2v) is 6.68. The van der Waals surface area contributed by atoms with Crippen LogP contribution in [-0.4, -0.2) is 94.7 Å². The van der Waals surface area contributed by atoms with Gasteiger partial charge in [-0.25, -0.2) is 0 Å². The van der Waals surface area contributed by atoms with E-state index in [2.05, 4.69) is 4.90 Å². The molecule has 0 unspecified atom stereocenters. The van der Waals surface area contributed by atoms with Crippen LogP contribution < -0.4 is 14.2 Å². The van der Waals surface area contributed by atoms with Gasteiger partial charge in [0.15, 0.2) is 11.5 Å². The highest BCUT2D eigenvalue weighted by Gasteiger charge is 2.21. The van der Waals surface area contributed by atoms with Crippen LogP contribution in [-0.2, 0) is 9.59 Å². The lowest BCUT2D eigenvalue weighted by Gasteiger charge is -2.34. The van der Waals surface area contributed by atoms with Gasteiger partial charge in [-0.3, -0.25) is 14.5 Å². The fourth-order valence-electron chi connectivity index (χ4n) is 2.93. The Morgan fingerprint density at radius 2 is 1.57 bits per heavy atom. The maximum Gasteiger partial charge on any atom is 0.246 e. The van der Waals surface area contributed by atoms with Crippen LogP contribution >= 0.6 is 0 Å².